The number of hydrogen-bond donors (Lipinski definition) is 0. The van der Waals surface area contributed by atoms with Gasteiger partial charge in [-0.25, -0.2) is 0 Å². The molecule has 0 aliphatic heterocycles. The van der Waals surface area contributed by atoms with Crippen LogP contribution in [0.3, 0.4) is 0 Å². The van der Waals surface area contributed by atoms with Gasteiger partial charge in [-0.2, -0.15) is 43.2 Å². The Balaban J connectivity index is 0.000000216. The second-order valence-corrected chi connectivity index (χ2v) is 45.3. The number of ether oxygens (including phenoxy) is 2. The molecule has 0 unspecified atom stereocenters. The lowest BCUT2D eigenvalue weighted by Gasteiger charge is -2.34. The summed E-state index contributed by atoms with van der Waals surface area (Å²) in [7, 11) is -9.00. The molecule has 10 aromatic rings. The van der Waals surface area contributed by atoms with Crippen molar-refractivity contribution in [1.82, 2.24) is 0 Å². The first-order valence-corrected chi connectivity index (χ1v) is 57.2. The second kappa shape index (κ2) is 54.3. The Bertz CT molecular complexity index is 5650. The summed E-state index contributed by atoms with van der Waals surface area (Å²) in [5.41, 5.74) is 15.7. The van der Waals surface area contributed by atoms with Gasteiger partial charge in [0.15, 0.2) is 0 Å². The van der Waals surface area contributed by atoms with E-state index in [2.05, 4.69) is 237 Å². The van der Waals surface area contributed by atoms with Crippen LogP contribution in [0.1, 0.15) is 378 Å². The number of benzene rings is 10. The third-order valence-corrected chi connectivity index (χ3v) is 31.9. The van der Waals surface area contributed by atoms with Gasteiger partial charge in [-0.15, -0.1) is 0 Å². The molecule has 19 heteroatoms. The summed E-state index contributed by atoms with van der Waals surface area (Å²) in [6.45, 7) is 26.1. The van der Waals surface area contributed by atoms with Crippen molar-refractivity contribution >= 4 is 63.7 Å². The van der Waals surface area contributed by atoms with E-state index < -0.39 is 48.2 Å². The zero-order valence-electron chi connectivity index (χ0n) is 85.9. The first-order chi connectivity index (χ1) is 67.0. The summed E-state index contributed by atoms with van der Waals surface area (Å²) in [5, 5.41) is 0.826. The number of hydrogen-bond acceptors (Lipinski definition) is 8. The van der Waals surface area contributed by atoms with Crippen molar-refractivity contribution in [3.63, 3.8) is 0 Å². The van der Waals surface area contributed by atoms with Crippen molar-refractivity contribution in [2.75, 3.05) is 14.2 Å². The SMILES string of the molecule is CCCCCCCCC1(CCCCCCCC)c2cc(-c3cc(C)cc(C)c3)ccc2-c2cc(OC)cc(OC)c21.CCCCCCCCC1(CCCCCCCC)c2cc(-c3cc(C)cc(C)c3)ccc2-c2ccc(-c3cc(OS(=O)(=O)C(F)(F)F)cc(OS(=O)(=O)C(F)(F)F)c3)cc21.CCCCCCCCC1(CCCCCCCC)c2cc(Br)ccc2-c2ccc(Br)cc21.Cc1cc(C)cc(Cl)c1. The number of aryl methyl sites for hydroxylation is 6. The second-order valence-electron chi connectivity index (χ2n) is 40.0. The Morgan fingerprint density at radius 3 is 0.814 bits per heavy atom. The lowest BCUT2D eigenvalue weighted by atomic mass is 9.70. The zero-order valence-corrected chi connectivity index (χ0v) is 91.5. The molecule has 13 rings (SSSR count). The van der Waals surface area contributed by atoms with Crippen LogP contribution in [-0.4, -0.2) is 42.1 Å². The summed E-state index contributed by atoms with van der Waals surface area (Å²) in [6.07, 6.45) is 51.3. The van der Waals surface area contributed by atoms with Crippen LogP contribution in [0.15, 0.2) is 185 Å². The van der Waals surface area contributed by atoms with Crippen molar-refractivity contribution in [3.8, 4) is 89.8 Å². The quantitative estimate of drug-likeness (QED) is 0.0161. The van der Waals surface area contributed by atoms with Crippen LogP contribution in [0.5, 0.6) is 23.0 Å². The Morgan fingerprint density at radius 1 is 0.271 bits per heavy atom. The van der Waals surface area contributed by atoms with Gasteiger partial charge in [-0.1, -0.05) is 429 Å². The fourth-order valence-electron chi connectivity index (χ4n) is 22.0. The van der Waals surface area contributed by atoms with Crippen LogP contribution in [0.4, 0.5) is 26.3 Å². The lowest BCUT2D eigenvalue weighted by Crippen LogP contribution is -2.29. The predicted octanol–water partition coefficient (Wildman–Crippen LogP) is 39.6. The molecule has 0 saturated heterocycles. The highest BCUT2D eigenvalue weighted by molar-refractivity contribution is 9.10. The summed E-state index contributed by atoms with van der Waals surface area (Å²) in [4.78, 5) is 0. The summed E-state index contributed by atoms with van der Waals surface area (Å²) >= 11 is 13.3. The Hall–Kier alpha value is -7.87. The molecule has 3 aliphatic rings. The van der Waals surface area contributed by atoms with Crippen LogP contribution in [0.2, 0.25) is 5.02 Å². The first-order valence-electron chi connectivity index (χ1n) is 52.4. The van der Waals surface area contributed by atoms with E-state index in [-0.39, 0.29) is 22.0 Å². The molecule has 10 aromatic carbocycles. The van der Waals surface area contributed by atoms with E-state index in [0.717, 1.165) is 163 Å². The normalized spacial score (nSPS) is 13.4. The molecule has 0 heterocycles. The number of rotatable bonds is 51. The lowest BCUT2D eigenvalue weighted by molar-refractivity contribution is -0.0502. The highest BCUT2D eigenvalue weighted by Gasteiger charge is 2.52. The first kappa shape index (κ1) is 114. The van der Waals surface area contributed by atoms with E-state index in [1.54, 1.807) is 24.3 Å². The van der Waals surface area contributed by atoms with Gasteiger partial charge < -0.3 is 17.8 Å². The third-order valence-electron chi connectivity index (χ3n) is 28.7. The van der Waals surface area contributed by atoms with Gasteiger partial charge in [0, 0.05) is 47.9 Å². The van der Waals surface area contributed by atoms with Gasteiger partial charge in [0.25, 0.3) is 0 Å². The molecule has 0 aromatic heterocycles. The maximum Gasteiger partial charge on any atom is 0.534 e. The fourth-order valence-corrected chi connectivity index (χ4v) is 23.9. The number of methoxy groups -OCH3 is 2. The number of alkyl halides is 6. The van der Waals surface area contributed by atoms with Gasteiger partial charge in [0.05, 0.1) is 14.2 Å². The minimum Gasteiger partial charge on any atom is -0.497 e. The topological polar surface area (TPSA) is 105 Å². The molecule has 0 atom stereocenters. The van der Waals surface area contributed by atoms with Crippen molar-refractivity contribution in [1.29, 1.82) is 0 Å². The van der Waals surface area contributed by atoms with E-state index in [1.165, 1.54) is 255 Å². The molecule has 0 radical (unpaired) electrons. The molecule has 0 fully saturated rings. The molecule has 0 amide bonds. The molecule has 8 nitrogen and oxygen atoms in total. The molecular weight excluding hydrogens is 1950 g/mol. The van der Waals surface area contributed by atoms with Crippen LogP contribution < -0.4 is 17.8 Å². The predicted molar refractivity (Wildman–Crippen MR) is 582 cm³/mol. The van der Waals surface area contributed by atoms with Gasteiger partial charge in [-0.05, 0) is 259 Å². The average Bonchev–Trinajstić information content (AvgIpc) is 1.56. The fraction of sp³-hybridized carbons (Fsp3) is 0.504. The van der Waals surface area contributed by atoms with Gasteiger partial charge in [-0.3, -0.25) is 0 Å². The van der Waals surface area contributed by atoms with Crippen LogP contribution in [-0.2, 0) is 36.5 Å². The third kappa shape index (κ3) is 30.4. The average molecular weight is 2110 g/mol. The molecule has 140 heavy (non-hydrogen) atoms. The maximum atomic E-state index is 13.4. The molecule has 0 spiro atoms. The van der Waals surface area contributed by atoms with Crippen LogP contribution >= 0.6 is 43.5 Å². The van der Waals surface area contributed by atoms with Crippen molar-refractivity contribution in [3.05, 3.63) is 257 Å². The number of fused-ring (bicyclic) bond motifs is 9. The minimum atomic E-state index is -6.30. The monoisotopic (exact) mass is 2110 g/mol. The van der Waals surface area contributed by atoms with Gasteiger partial charge in [0.1, 0.15) is 23.0 Å². The van der Waals surface area contributed by atoms with Crippen molar-refractivity contribution in [2.45, 2.75) is 380 Å². The minimum absolute atomic E-state index is 0.0350. The van der Waals surface area contributed by atoms with E-state index in [4.69, 9.17) is 21.1 Å². The van der Waals surface area contributed by atoms with Crippen LogP contribution in [0, 0.1) is 41.5 Å². The largest absolute Gasteiger partial charge is 0.534 e. The number of halogens is 9. The molecule has 762 valence electrons. The highest BCUT2D eigenvalue weighted by atomic mass is 79.9. The van der Waals surface area contributed by atoms with Gasteiger partial charge >= 0.3 is 31.3 Å². The molecular formula is C121H155Br2ClF6O8S2. The zero-order chi connectivity index (χ0) is 101. The van der Waals surface area contributed by atoms with Crippen LogP contribution in [0.25, 0.3) is 66.8 Å². The van der Waals surface area contributed by atoms with E-state index >= 15 is 0 Å². The van der Waals surface area contributed by atoms with E-state index in [1.807, 2.05) is 45.2 Å². The Morgan fingerprint density at radius 2 is 0.529 bits per heavy atom. The molecule has 0 saturated carbocycles. The Labute approximate surface area is 858 Å². The number of unbranched alkanes of at least 4 members (excludes halogenated alkanes) is 30. The van der Waals surface area contributed by atoms with Crippen molar-refractivity contribution in [2.24, 2.45) is 0 Å². The summed E-state index contributed by atoms with van der Waals surface area (Å²) < 4.78 is 152. The molecule has 0 N–H and O–H groups in total. The van der Waals surface area contributed by atoms with E-state index in [9.17, 15) is 43.2 Å². The standard InChI is InChI=1S/C45H52F6O6S2.C39H54O2.C29H40Br2.C8H9Cl/c1-5-7-9-11-13-15-21-43(22-16-14-12-10-8-6-2)41-28-33(35-24-31(3)23-32(4)25-35)17-19-39(41)40-20-18-34(29-42(40)43)36-26-37(56-58(52,53)44(46,47)48)30-38(27-36)57-59(54,55)45(49,50)51;1-7-9-11-13-15-17-21-39(22-18-16-14-12-10-8-2)36-26-31(32-24-29(3)23-30(4)25-32)19-20-34(36)35-27-33(40-5)28-37(41-6)38(35)39;1-3-5-7-9-11-13-19-29(20-14-12-10-8-6-4-2)27-21-23(30)15-17-25(27)26-18-16-24(31)22-28(26)29;1-6-3-7(2)5-8(9)4-6/h17-20,23-30H,5-16,21-22H2,1-4H3;19-20,23-28H,7-18,21-22H2,1-6H3;15-18,21-22H,3-14,19-20H2,1-2H3;3-5H,1-2H3. The Kier molecular flexibility index (Phi) is 44.3. The summed E-state index contributed by atoms with van der Waals surface area (Å²) in [5.74, 6) is -0.306. The summed E-state index contributed by atoms with van der Waals surface area (Å²) in [6, 6.07) is 58.9. The highest BCUT2D eigenvalue weighted by Crippen LogP contribution is 2.61. The van der Waals surface area contributed by atoms with Crippen molar-refractivity contribution < 1.29 is 61.0 Å². The maximum absolute atomic E-state index is 13.4. The molecule has 3 aliphatic carbocycles. The molecule has 0 bridgehead atoms. The van der Waals surface area contributed by atoms with E-state index in [0.29, 0.717) is 6.07 Å². The van der Waals surface area contributed by atoms with Gasteiger partial charge in [0.2, 0.25) is 0 Å². The smallest absolute Gasteiger partial charge is 0.497 e.